The van der Waals surface area contributed by atoms with Crippen LogP contribution in [0.4, 0.5) is 0 Å². The van der Waals surface area contributed by atoms with Crippen LogP contribution in [0, 0.1) is 5.92 Å². The molecule has 0 bridgehead atoms. The molecule has 1 aliphatic rings. The number of nitrogens with one attached hydrogen (secondary N) is 1. The number of pyridine rings is 1. The fraction of sp³-hybridized carbons (Fsp3) is 0.333. The molecule has 1 aliphatic carbocycles. The van der Waals surface area contributed by atoms with Gasteiger partial charge in [0.1, 0.15) is 19.8 Å². The predicted octanol–water partition coefficient (Wildman–Crippen LogP) is 3.96. The van der Waals surface area contributed by atoms with E-state index in [0.717, 1.165) is 36.8 Å². The van der Waals surface area contributed by atoms with Crippen LogP contribution in [-0.4, -0.2) is 37.8 Å². The number of rotatable bonds is 11. The van der Waals surface area contributed by atoms with Crippen LogP contribution in [0.5, 0.6) is 5.88 Å². The van der Waals surface area contributed by atoms with E-state index in [1.807, 2.05) is 36.4 Å². The lowest BCUT2D eigenvalue weighted by molar-refractivity contribution is -0.123. The van der Waals surface area contributed by atoms with E-state index < -0.39 is 5.97 Å². The zero-order valence-electron chi connectivity index (χ0n) is 20.0. The van der Waals surface area contributed by atoms with Crippen molar-refractivity contribution < 1.29 is 24.2 Å². The van der Waals surface area contributed by atoms with Gasteiger partial charge in [-0.25, -0.2) is 9.48 Å². The van der Waals surface area contributed by atoms with E-state index >= 15 is 0 Å². The first-order chi connectivity index (χ1) is 17.5. The molecule has 188 valence electrons. The molecule has 4 rings (SSSR count). The summed E-state index contributed by atoms with van der Waals surface area (Å²) >= 11 is 0. The molecule has 2 atom stereocenters. The molecule has 9 heteroatoms. The largest absolute Gasteiger partial charge is 0.494 e. The fourth-order valence-corrected chi connectivity index (χ4v) is 4.31. The molecule has 0 unspecified atom stereocenters. The Bertz CT molecular complexity index is 1180. The van der Waals surface area contributed by atoms with Crippen molar-refractivity contribution in [3.05, 3.63) is 90.1 Å². The second-order valence-electron chi connectivity index (χ2n) is 8.79. The Balaban J connectivity index is 1.38. The van der Waals surface area contributed by atoms with E-state index in [1.165, 1.54) is 10.7 Å². The van der Waals surface area contributed by atoms with Gasteiger partial charge in [0.25, 0.3) is 0 Å². The lowest BCUT2D eigenvalue weighted by atomic mass is 9.83. The molecule has 0 radical (unpaired) electrons. The Labute approximate surface area is 209 Å². The molecular formula is C27H30N4O5. The first-order valence-corrected chi connectivity index (χ1v) is 12.0. The van der Waals surface area contributed by atoms with Gasteiger partial charge < -0.3 is 19.9 Å². The summed E-state index contributed by atoms with van der Waals surface area (Å²) < 4.78 is 13.0. The summed E-state index contributed by atoms with van der Waals surface area (Å²) in [5.41, 5.74) is 1.68. The summed E-state index contributed by atoms with van der Waals surface area (Å²) in [7, 11) is 0. The normalized spacial score (nSPS) is 17.2. The summed E-state index contributed by atoms with van der Waals surface area (Å²) in [6, 6.07) is 14.7. The number of carbonyl (C=O) groups is 2. The molecule has 0 saturated heterocycles. The number of benzene rings is 1. The topological polar surface area (TPSA) is 116 Å². The quantitative estimate of drug-likeness (QED) is 0.391. The van der Waals surface area contributed by atoms with Crippen LogP contribution in [0.1, 0.15) is 47.3 Å². The summed E-state index contributed by atoms with van der Waals surface area (Å²) in [4.78, 5) is 28.5. The maximum Gasteiger partial charge on any atom is 0.356 e. The van der Waals surface area contributed by atoms with Gasteiger partial charge in [0.05, 0.1) is 5.76 Å². The zero-order chi connectivity index (χ0) is 25.3. The van der Waals surface area contributed by atoms with Crippen molar-refractivity contribution in [3.8, 4) is 5.88 Å². The van der Waals surface area contributed by atoms with Crippen molar-refractivity contribution in [1.29, 1.82) is 0 Å². The van der Waals surface area contributed by atoms with Crippen molar-refractivity contribution in [2.75, 3.05) is 0 Å². The van der Waals surface area contributed by atoms with E-state index in [9.17, 15) is 14.7 Å². The van der Waals surface area contributed by atoms with Crippen LogP contribution in [0.2, 0.25) is 0 Å². The van der Waals surface area contributed by atoms with Crippen LogP contribution in [0.15, 0.2) is 73.3 Å². The molecule has 2 N–H and O–H groups in total. The Morgan fingerprint density at radius 2 is 1.86 bits per heavy atom. The molecule has 1 saturated carbocycles. The summed E-state index contributed by atoms with van der Waals surface area (Å²) in [5, 5.41) is 16.5. The molecule has 2 aromatic heterocycles. The molecule has 9 nitrogen and oxygen atoms in total. The van der Waals surface area contributed by atoms with Crippen LogP contribution in [0.25, 0.3) is 0 Å². The van der Waals surface area contributed by atoms with E-state index in [-0.39, 0.29) is 42.6 Å². The molecular weight excluding hydrogens is 460 g/mol. The number of carboxylic acids is 1. The Kier molecular flexibility index (Phi) is 8.33. The van der Waals surface area contributed by atoms with Crippen LogP contribution in [-0.2, 0) is 29.3 Å². The van der Waals surface area contributed by atoms with E-state index in [0.29, 0.717) is 12.4 Å². The molecule has 0 aliphatic heterocycles. The average molecular weight is 491 g/mol. The third kappa shape index (κ3) is 6.71. The number of amides is 1. The maximum absolute atomic E-state index is 13.0. The maximum atomic E-state index is 13.0. The third-order valence-corrected chi connectivity index (χ3v) is 6.16. The summed E-state index contributed by atoms with van der Waals surface area (Å²) in [5.74, 6) is -0.618. The molecule has 1 fully saturated rings. The van der Waals surface area contributed by atoms with Gasteiger partial charge in [-0.05, 0) is 24.5 Å². The van der Waals surface area contributed by atoms with Crippen molar-refractivity contribution in [3.63, 3.8) is 0 Å². The highest BCUT2D eigenvalue weighted by atomic mass is 16.5. The van der Waals surface area contributed by atoms with Gasteiger partial charge in [-0.2, -0.15) is 5.10 Å². The van der Waals surface area contributed by atoms with Gasteiger partial charge in [-0.1, -0.05) is 55.8 Å². The van der Waals surface area contributed by atoms with Gasteiger partial charge >= 0.3 is 5.97 Å². The number of aromatic carboxylic acids is 1. The fourth-order valence-electron chi connectivity index (χ4n) is 4.31. The number of aromatic nitrogens is 3. The summed E-state index contributed by atoms with van der Waals surface area (Å²) in [6.45, 7) is 4.57. The van der Waals surface area contributed by atoms with Crippen molar-refractivity contribution in [2.24, 2.45) is 5.92 Å². The standard InChI is InChI=1S/C27H30N4O5/c1-19(35-17-20-8-3-2-4-9-20)22-11-5-6-12-23(22)29-25(32)16-31-26(14-24(30-31)27(33)34)36-18-21-10-7-13-28-15-21/h2-4,7-10,13-15,22-23H,1,5-6,11-12,16-18H2,(H,29,32)(H,33,34)/t22-,23+/m1/s1. The highest BCUT2D eigenvalue weighted by Crippen LogP contribution is 2.30. The molecule has 2 heterocycles. The predicted molar refractivity (Wildman–Crippen MR) is 132 cm³/mol. The smallest absolute Gasteiger partial charge is 0.356 e. The zero-order valence-corrected chi connectivity index (χ0v) is 20.0. The van der Waals surface area contributed by atoms with Gasteiger partial charge in [0, 0.05) is 36.0 Å². The van der Waals surface area contributed by atoms with Gasteiger partial charge in [-0.3, -0.25) is 9.78 Å². The van der Waals surface area contributed by atoms with Crippen LogP contribution < -0.4 is 10.1 Å². The lowest BCUT2D eigenvalue weighted by Crippen LogP contribution is -2.44. The third-order valence-electron chi connectivity index (χ3n) is 6.16. The number of hydrogen-bond donors (Lipinski definition) is 2. The SMILES string of the molecule is C=C(OCc1ccccc1)[C@H]1CCCC[C@@H]1NC(=O)Cn1nc(C(=O)O)cc1OCc1cccnc1. The number of hydrogen-bond acceptors (Lipinski definition) is 6. The average Bonchev–Trinajstić information content (AvgIpc) is 3.30. The first kappa shape index (κ1) is 25.0. The number of ether oxygens (including phenoxy) is 2. The first-order valence-electron chi connectivity index (χ1n) is 12.0. The molecule has 3 aromatic rings. The number of carboxylic acid groups (broad SMARTS) is 1. The highest BCUT2D eigenvalue weighted by Gasteiger charge is 2.30. The van der Waals surface area contributed by atoms with Gasteiger partial charge in [-0.15, -0.1) is 0 Å². The second-order valence-corrected chi connectivity index (χ2v) is 8.79. The molecule has 0 spiro atoms. The van der Waals surface area contributed by atoms with Crippen molar-refractivity contribution in [1.82, 2.24) is 20.1 Å². The van der Waals surface area contributed by atoms with E-state index in [4.69, 9.17) is 9.47 Å². The lowest BCUT2D eigenvalue weighted by Gasteiger charge is -2.33. The Morgan fingerprint density at radius 3 is 2.61 bits per heavy atom. The minimum absolute atomic E-state index is 0.0000785. The Hall–Kier alpha value is -4.14. The molecule has 1 amide bonds. The second kappa shape index (κ2) is 12.0. The summed E-state index contributed by atoms with van der Waals surface area (Å²) in [6.07, 6.45) is 7.04. The number of nitrogens with zero attached hydrogens (tertiary/aromatic N) is 3. The van der Waals surface area contributed by atoms with E-state index in [2.05, 4.69) is 22.0 Å². The van der Waals surface area contributed by atoms with Crippen molar-refractivity contribution in [2.45, 2.75) is 51.5 Å². The van der Waals surface area contributed by atoms with Gasteiger partial charge in [0.15, 0.2) is 5.69 Å². The van der Waals surface area contributed by atoms with Gasteiger partial charge in [0.2, 0.25) is 11.8 Å². The number of carbonyl (C=O) groups excluding carboxylic acids is 1. The minimum atomic E-state index is -1.19. The van der Waals surface area contributed by atoms with E-state index in [1.54, 1.807) is 18.5 Å². The van der Waals surface area contributed by atoms with Crippen molar-refractivity contribution >= 4 is 11.9 Å². The van der Waals surface area contributed by atoms with Crippen LogP contribution in [0.3, 0.4) is 0 Å². The minimum Gasteiger partial charge on any atom is -0.494 e. The monoisotopic (exact) mass is 490 g/mol. The Morgan fingerprint density at radius 1 is 1.08 bits per heavy atom. The van der Waals surface area contributed by atoms with Crippen LogP contribution >= 0.6 is 0 Å². The highest BCUT2D eigenvalue weighted by molar-refractivity contribution is 5.85. The molecule has 1 aromatic carbocycles. The molecule has 36 heavy (non-hydrogen) atoms.